The molecule has 0 bridgehead atoms. The van der Waals surface area contributed by atoms with E-state index in [4.69, 9.17) is 0 Å². The summed E-state index contributed by atoms with van der Waals surface area (Å²) in [7, 11) is -3.11. The molecule has 0 radical (unpaired) electrons. The summed E-state index contributed by atoms with van der Waals surface area (Å²) in [5, 5.41) is 0. The molecule has 74 valence electrons. The zero-order valence-corrected chi connectivity index (χ0v) is 8.40. The number of ketones is 1. The van der Waals surface area contributed by atoms with Crippen molar-refractivity contribution < 1.29 is 13.2 Å². The van der Waals surface area contributed by atoms with Gasteiger partial charge in [-0.2, -0.15) is 0 Å². The fourth-order valence-electron chi connectivity index (χ4n) is 2.57. The highest BCUT2D eigenvalue weighted by molar-refractivity contribution is 7.94. The Morgan fingerprint density at radius 2 is 1.69 bits per heavy atom. The van der Waals surface area contributed by atoms with Crippen LogP contribution in [0.15, 0.2) is 0 Å². The van der Waals surface area contributed by atoms with Crippen LogP contribution in [0.1, 0.15) is 38.5 Å². The molecule has 0 unspecified atom stereocenters. The molecule has 0 aromatic rings. The van der Waals surface area contributed by atoms with Gasteiger partial charge in [0, 0.05) is 6.42 Å². The molecule has 3 nitrogen and oxygen atoms in total. The van der Waals surface area contributed by atoms with E-state index in [2.05, 4.69) is 0 Å². The summed E-state index contributed by atoms with van der Waals surface area (Å²) in [6.07, 6.45) is 4.75. The minimum atomic E-state index is -3.11. The molecule has 1 aliphatic carbocycles. The third kappa shape index (κ3) is 1.31. The molecule has 13 heavy (non-hydrogen) atoms. The second kappa shape index (κ2) is 2.80. The van der Waals surface area contributed by atoms with Crippen molar-refractivity contribution in [3.63, 3.8) is 0 Å². The maximum atomic E-state index is 11.7. The molecule has 1 saturated heterocycles. The van der Waals surface area contributed by atoms with E-state index in [9.17, 15) is 13.2 Å². The van der Waals surface area contributed by atoms with Crippen molar-refractivity contribution in [2.45, 2.75) is 43.3 Å². The van der Waals surface area contributed by atoms with E-state index in [1.807, 2.05) is 0 Å². The molecule has 0 aromatic heterocycles. The second-order valence-corrected chi connectivity index (χ2v) is 6.60. The Labute approximate surface area is 78.4 Å². The molecule has 2 aliphatic rings. The van der Waals surface area contributed by atoms with Gasteiger partial charge in [0.1, 0.15) is 11.5 Å². The third-order valence-electron chi connectivity index (χ3n) is 3.29. The van der Waals surface area contributed by atoms with Crippen molar-refractivity contribution in [2.75, 3.05) is 5.75 Å². The van der Waals surface area contributed by atoms with E-state index in [1.165, 1.54) is 0 Å². The highest BCUT2D eigenvalue weighted by Crippen LogP contribution is 2.42. The van der Waals surface area contributed by atoms with E-state index in [1.54, 1.807) is 0 Å². The monoisotopic (exact) mass is 202 g/mol. The van der Waals surface area contributed by atoms with Gasteiger partial charge >= 0.3 is 0 Å². The highest BCUT2D eigenvalue weighted by atomic mass is 32.2. The van der Waals surface area contributed by atoms with Gasteiger partial charge in [-0.25, -0.2) is 8.42 Å². The molecular weight excluding hydrogens is 188 g/mol. The smallest absolute Gasteiger partial charge is 0.163 e. The van der Waals surface area contributed by atoms with Gasteiger partial charge in [0.05, 0.1) is 4.75 Å². The van der Waals surface area contributed by atoms with Crippen LogP contribution in [0.3, 0.4) is 0 Å². The topological polar surface area (TPSA) is 51.2 Å². The molecule has 2 fully saturated rings. The van der Waals surface area contributed by atoms with Crippen molar-refractivity contribution in [3.8, 4) is 0 Å². The van der Waals surface area contributed by atoms with Gasteiger partial charge in [-0.1, -0.05) is 19.3 Å². The van der Waals surface area contributed by atoms with E-state index in [0.717, 1.165) is 19.3 Å². The lowest BCUT2D eigenvalue weighted by Crippen LogP contribution is -2.36. The Bertz CT molecular complexity index is 323. The fraction of sp³-hybridized carbons (Fsp3) is 0.889. The molecule has 1 saturated carbocycles. The zero-order chi connectivity index (χ0) is 9.53. The number of hydrogen-bond donors (Lipinski definition) is 0. The van der Waals surface area contributed by atoms with Crippen LogP contribution < -0.4 is 0 Å². The summed E-state index contributed by atoms with van der Waals surface area (Å²) in [5.74, 6) is -0.283. The Morgan fingerprint density at radius 3 is 2.15 bits per heavy atom. The first-order valence-corrected chi connectivity index (χ1v) is 6.45. The van der Waals surface area contributed by atoms with Crippen LogP contribution in [0.25, 0.3) is 0 Å². The van der Waals surface area contributed by atoms with Crippen LogP contribution in [-0.4, -0.2) is 24.7 Å². The number of sulfone groups is 1. The summed E-state index contributed by atoms with van der Waals surface area (Å²) >= 11 is 0. The standard InChI is InChI=1S/C9H14O3S/c10-8-6-9(13(11,12)7-8)4-2-1-3-5-9/h1-7H2. The van der Waals surface area contributed by atoms with Gasteiger partial charge in [0.15, 0.2) is 9.84 Å². The fourth-order valence-corrected chi connectivity index (χ4v) is 4.69. The van der Waals surface area contributed by atoms with Crippen molar-refractivity contribution >= 4 is 15.6 Å². The molecule has 1 aliphatic heterocycles. The van der Waals surface area contributed by atoms with Gasteiger partial charge in [0.25, 0.3) is 0 Å². The van der Waals surface area contributed by atoms with Crippen molar-refractivity contribution in [3.05, 3.63) is 0 Å². The lowest BCUT2D eigenvalue weighted by Gasteiger charge is -2.30. The molecule has 1 spiro atoms. The first kappa shape index (κ1) is 9.19. The van der Waals surface area contributed by atoms with Crippen molar-refractivity contribution in [1.29, 1.82) is 0 Å². The average Bonchev–Trinajstić information content (AvgIpc) is 2.23. The van der Waals surface area contributed by atoms with Crippen LogP contribution in [0, 0.1) is 0 Å². The third-order valence-corrected chi connectivity index (χ3v) is 5.87. The SMILES string of the molecule is O=C1CC2(CCCCC2)S(=O)(=O)C1. The molecule has 0 N–H and O–H groups in total. The van der Waals surface area contributed by atoms with Crippen LogP contribution in [0.4, 0.5) is 0 Å². The molecular formula is C9H14O3S. The number of hydrogen-bond acceptors (Lipinski definition) is 3. The lowest BCUT2D eigenvalue weighted by molar-refractivity contribution is -0.116. The molecule has 1 heterocycles. The van der Waals surface area contributed by atoms with E-state index < -0.39 is 14.6 Å². The van der Waals surface area contributed by atoms with E-state index >= 15 is 0 Å². The van der Waals surface area contributed by atoms with Gasteiger partial charge in [-0.15, -0.1) is 0 Å². The largest absolute Gasteiger partial charge is 0.299 e. The van der Waals surface area contributed by atoms with Gasteiger partial charge in [0.2, 0.25) is 0 Å². The second-order valence-electron chi connectivity index (χ2n) is 4.22. The predicted octanol–water partition coefficient (Wildman–Crippen LogP) is 1.08. The number of rotatable bonds is 0. The first-order valence-electron chi connectivity index (χ1n) is 4.80. The molecule has 4 heteroatoms. The minimum Gasteiger partial charge on any atom is -0.299 e. The summed E-state index contributed by atoms with van der Waals surface area (Å²) in [6, 6.07) is 0. The van der Waals surface area contributed by atoms with Crippen LogP contribution in [0.5, 0.6) is 0 Å². The van der Waals surface area contributed by atoms with Crippen molar-refractivity contribution in [2.24, 2.45) is 0 Å². The Kier molecular flexibility index (Phi) is 1.98. The van der Waals surface area contributed by atoms with Crippen molar-refractivity contribution in [1.82, 2.24) is 0 Å². The number of carbonyl (C=O) groups excluding carboxylic acids is 1. The van der Waals surface area contributed by atoms with Gasteiger partial charge in [-0.3, -0.25) is 4.79 Å². The quantitative estimate of drug-likeness (QED) is 0.590. The Balaban J connectivity index is 2.35. The molecule has 0 aromatic carbocycles. The lowest BCUT2D eigenvalue weighted by atomic mass is 9.85. The van der Waals surface area contributed by atoms with Gasteiger partial charge in [-0.05, 0) is 12.8 Å². The van der Waals surface area contributed by atoms with Crippen LogP contribution >= 0.6 is 0 Å². The summed E-state index contributed by atoms with van der Waals surface area (Å²) in [4.78, 5) is 11.2. The summed E-state index contributed by atoms with van der Waals surface area (Å²) in [6.45, 7) is 0. The number of Topliss-reactive ketones (excluding diaryl/α,β-unsaturated/α-hetero) is 1. The van der Waals surface area contributed by atoms with Gasteiger partial charge < -0.3 is 0 Å². The predicted molar refractivity (Wildman–Crippen MR) is 49.2 cm³/mol. The normalized spacial score (nSPS) is 30.9. The van der Waals surface area contributed by atoms with Crippen LogP contribution in [0.2, 0.25) is 0 Å². The Hall–Kier alpha value is -0.380. The van der Waals surface area contributed by atoms with Crippen LogP contribution in [-0.2, 0) is 14.6 Å². The highest BCUT2D eigenvalue weighted by Gasteiger charge is 2.51. The summed E-state index contributed by atoms with van der Waals surface area (Å²) < 4.78 is 22.8. The maximum Gasteiger partial charge on any atom is 0.163 e. The average molecular weight is 202 g/mol. The minimum absolute atomic E-state index is 0.0816. The first-order chi connectivity index (χ1) is 6.06. The molecule has 0 atom stereocenters. The van der Waals surface area contributed by atoms with E-state index in [0.29, 0.717) is 12.8 Å². The zero-order valence-electron chi connectivity index (χ0n) is 7.58. The molecule has 2 rings (SSSR count). The summed E-state index contributed by atoms with van der Waals surface area (Å²) in [5.41, 5.74) is 0. The van der Waals surface area contributed by atoms with E-state index in [-0.39, 0.29) is 18.0 Å². The maximum absolute atomic E-state index is 11.7. The molecule has 0 amide bonds. The number of carbonyl (C=O) groups is 1. The Morgan fingerprint density at radius 1 is 1.08 bits per heavy atom.